The molecule has 1 saturated heterocycles. The third-order valence-electron chi connectivity index (χ3n) is 4.22. The lowest BCUT2D eigenvalue weighted by molar-refractivity contribution is 0.0663. The number of anilines is 1. The number of likely N-dealkylation sites (N-methyl/N-ethyl adjacent to an activating group) is 1. The van der Waals surface area contributed by atoms with Gasteiger partial charge in [0.1, 0.15) is 0 Å². The molecule has 1 aliphatic rings. The van der Waals surface area contributed by atoms with Crippen molar-refractivity contribution >= 4 is 40.7 Å². The first-order valence-electron chi connectivity index (χ1n) is 8.13. The summed E-state index contributed by atoms with van der Waals surface area (Å²) in [5, 5.41) is 3.52. The van der Waals surface area contributed by atoms with Crippen LogP contribution in [0.25, 0.3) is 0 Å². The van der Waals surface area contributed by atoms with Gasteiger partial charge in [-0.05, 0) is 31.3 Å². The van der Waals surface area contributed by atoms with Crippen molar-refractivity contribution in [3.05, 3.63) is 57.8 Å². The minimum absolute atomic E-state index is 0.121. The van der Waals surface area contributed by atoms with Gasteiger partial charge in [-0.3, -0.25) is 14.6 Å². The van der Waals surface area contributed by atoms with Gasteiger partial charge in [-0.2, -0.15) is 0 Å². The molecule has 2 heterocycles. The Balaban J connectivity index is 1.74. The van der Waals surface area contributed by atoms with E-state index in [0.29, 0.717) is 34.4 Å². The second-order valence-corrected chi connectivity index (χ2v) is 6.98. The van der Waals surface area contributed by atoms with E-state index in [1.54, 1.807) is 29.2 Å². The number of pyridine rings is 1. The number of amides is 2. The Hall–Kier alpha value is -2.15. The molecule has 0 saturated carbocycles. The molecule has 6 nitrogen and oxygen atoms in total. The van der Waals surface area contributed by atoms with E-state index in [2.05, 4.69) is 15.2 Å². The van der Waals surface area contributed by atoms with E-state index in [0.717, 1.165) is 13.1 Å². The number of nitrogens with zero attached hydrogens (tertiary/aromatic N) is 3. The molecule has 0 radical (unpaired) electrons. The number of carbonyl (C=O) groups is 2. The molecular formula is C18H18Cl2N4O2. The molecule has 0 aliphatic carbocycles. The summed E-state index contributed by atoms with van der Waals surface area (Å²) in [5.74, 6) is -0.514. The van der Waals surface area contributed by atoms with Crippen LogP contribution < -0.4 is 5.32 Å². The van der Waals surface area contributed by atoms with Gasteiger partial charge >= 0.3 is 0 Å². The lowest BCUT2D eigenvalue weighted by Gasteiger charge is -2.32. The third-order valence-corrected chi connectivity index (χ3v) is 4.77. The number of nitrogens with one attached hydrogen (secondary N) is 1. The van der Waals surface area contributed by atoms with Gasteiger partial charge in [0.15, 0.2) is 0 Å². The van der Waals surface area contributed by atoms with Crippen LogP contribution in [0.1, 0.15) is 20.7 Å². The first-order chi connectivity index (χ1) is 12.4. The van der Waals surface area contributed by atoms with Gasteiger partial charge in [0.25, 0.3) is 11.8 Å². The fourth-order valence-corrected chi connectivity index (χ4v) is 3.11. The molecule has 8 heteroatoms. The van der Waals surface area contributed by atoms with Crippen molar-refractivity contribution in [1.29, 1.82) is 0 Å². The summed E-state index contributed by atoms with van der Waals surface area (Å²) in [7, 11) is 2.02. The Kier molecular flexibility index (Phi) is 5.76. The summed E-state index contributed by atoms with van der Waals surface area (Å²) in [4.78, 5) is 33.1. The molecule has 0 spiro atoms. The van der Waals surface area contributed by atoms with E-state index < -0.39 is 5.91 Å². The van der Waals surface area contributed by atoms with Gasteiger partial charge in [0.2, 0.25) is 0 Å². The van der Waals surface area contributed by atoms with Crippen LogP contribution in [0, 0.1) is 0 Å². The Morgan fingerprint density at radius 3 is 2.42 bits per heavy atom. The molecule has 1 aromatic carbocycles. The average molecular weight is 393 g/mol. The maximum absolute atomic E-state index is 12.6. The molecule has 0 unspecified atom stereocenters. The SMILES string of the molecule is CN1CCN(C(=O)c2cncc(C(=O)Nc3ccc(Cl)cc3Cl)c2)CC1. The molecule has 1 aliphatic heterocycles. The Morgan fingerprint density at radius 2 is 1.73 bits per heavy atom. The van der Waals surface area contributed by atoms with Crippen LogP contribution in [0.15, 0.2) is 36.7 Å². The molecule has 3 rings (SSSR count). The first-order valence-corrected chi connectivity index (χ1v) is 8.89. The minimum Gasteiger partial charge on any atom is -0.336 e. The normalized spacial score (nSPS) is 15.0. The van der Waals surface area contributed by atoms with E-state index in [-0.39, 0.29) is 11.5 Å². The van der Waals surface area contributed by atoms with Gasteiger partial charge in [-0.15, -0.1) is 0 Å². The Labute approximate surface area is 161 Å². The zero-order valence-electron chi connectivity index (χ0n) is 14.2. The number of aromatic nitrogens is 1. The number of halogens is 2. The number of hydrogen-bond donors (Lipinski definition) is 1. The zero-order chi connectivity index (χ0) is 18.7. The van der Waals surface area contributed by atoms with Crippen molar-refractivity contribution in [2.24, 2.45) is 0 Å². The van der Waals surface area contributed by atoms with Gasteiger partial charge in [-0.1, -0.05) is 23.2 Å². The van der Waals surface area contributed by atoms with Crippen LogP contribution in [0.2, 0.25) is 10.0 Å². The lowest BCUT2D eigenvalue weighted by atomic mass is 10.1. The topological polar surface area (TPSA) is 65.5 Å². The lowest BCUT2D eigenvalue weighted by Crippen LogP contribution is -2.47. The van der Waals surface area contributed by atoms with Crippen LogP contribution in [-0.4, -0.2) is 59.8 Å². The Morgan fingerprint density at radius 1 is 1.04 bits per heavy atom. The zero-order valence-corrected chi connectivity index (χ0v) is 15.7. The Bertz CT molecular complexity index is 836. The fraction of sp³-hybridized carbons (Fsp3) is 0.278. The highest BCUT2D eigenvalue weighted by Gasteiger charge is 2.21. The highest BCUT2D eigenvalue weighted by molar-refractivity contribution is 6.36. The fourth-order valence-electron chi connectivity index (χ4n) is 2.66. The third kappa shape index (κ3) is 4.33. The van der Waals surface area contributed by atoms with Crippen LogP contribution >= 0.6 is 23.2 Å². The van der Waals surface area contributed by atoms with Crippen LogP contribution in [-0.2, 0) is 0 Å². The molecule has 0 atom stereocenters. The van der Waals surface area contributed by atoms with Crippen molar-refractivity contribution in [3.63, 3.8) is 0 Å². The second-order valence-electron chi connectivity index (χ2n) is 6.14. The van der Waals surface area contributed by atoms with Crippen LogP contribution in [0.4, 0.5) is 5.69 Å². The quantitative estimate of drug-likeness (QED) is 0.871. The second kappa shape index (κ2) is 8.03. The molecule has 26 heavy (non-hydrogen) atoms. The van der Waals surface area contributed by atoms with Crippen LogP contribution in [0.3, 0.4) is 0 Å². The van der Waals surface area contributed by atoms with Crippen molar-refractivity contribution in [1.82, 2.24) is 14.8 Å². The largest absolute Gasteiger partial charge is 0.336 e. The monoisotopic (exact) mass is 392 g/mol. The summed E-state index contributed by atoms with van der Waals surface area (Å²) in [5.41, 5.74) is 1.12. The molecule has 0 bridgehead atoms. The molecule has 1 aromatic heterocycles. The molecule has 1 fully saturated rings. The molecule has 1 N–H and O–H groups in total. The van der Waals surface area contributed by atoms with Crippen molar-refractivity contribution < 1.29 is 9.59 Å². The van der Waals surface area contributed by atoms with E-state index >= 15 is 0 Å². The molecule has 2 aromatic rings. The molecule has 136 valence electrons. The van der Waals surface area contributed by atoms with Crippen molar-refractivity contribution in [3.8, 4) is 0 Å². The molecular weight excluding hydrogens is 375 g/mol. The number of piperazine rings is 1. The van der Waals surface area contributed by atoms with Crippen molar-refractivity contribution in [2.45, 2.75) is 0 Å². The summed E-state index contributed by atoms with van der Waals surface area (Å²) < 4.78 is 0. The maximum atomic E-state index is 12.6. The van der Waals surface area contributed by atoms with Gasteiger partial charge in [-0.25, -0.2) is 0 Å². The predicted octanol–water partition coefficient (Wildman–Crippen LogP) is 3.03. The van der Waals surface area contributed by atoms with E-state index in [1.165, 1.54) is 12.4 Å². The summed E-state index contributed by atoms with van der Waals surface area (Å²) in [6.45, 7) is 2.97. The van der Waals surface area contributed by atoms with E-state index in [1.807, 2.05) is 7.05 Å². The van der Waals surface area contributed by atoms with Gasteiger partial charge < -0.3 is 15.1 Å². The number of benzene rings is 1. The number of rotatable bonds is 3. The smallest absolute Gasteiger partial charge is 0.257 e. The van der Waals surface area contributed by atoms with Gasteiger partial charge in [0, 0.05) is 43.6 Å². The predicted molar refractivity (Wildman–Crippen MR) is 102 cm³/mol. The van der Waals surface area contributed by atoms with Crippen LogP contribution in [0.5, 0.6) is 0 Å². The standard InChI is InChI=1S/C18H18Cl2N4O2/c1-23-4-6-24(7-5-23)18(26)13-8-12(10-21-11-13)17(25)22-16-3-2-14(19)9-15(16)20/h2-3,8-11H,4-7H2,1H3,(H,22,25). The summed E-state index contributed by atoms with van der Waals surface area (Å²) in [6, 6.07) is 6.35. The highest BCUT2D eigenvalue weighted by Crippen LogP contribution is 2.25. The number of carbonyl (C=O) groups excluding carboxylic acids is 2. The summed E-state index contributed by atoms with van der Waals surface area (Å²) >= 11 is 11.9. The average Bonchev–Trinajstić information content (AvgIpc) is 2.64. The van der Waals surface area contributed by atoms with E-state index in [4.69, 9.17) is 23.2 Å². The summed E-state index contributed by atoms with van der Waals surface area (Å²) in [6.07, 6.45) is 2.90. The first kappa shape index (κ1) is 18.6. The van der Waals surface area contributed by atoms with Crippen molar-refractivity contribution in [2.75, 3.05) is 38.5 Å². The molecule has 2 amide bonds. The van der Waals surface area contributed by atoms with Gasteiger partial charge in [0.05, 0.1) is 21.8 Å². The highest BCUT2D eigenvalue weighted by atomic mass is 35.5. The number of hydrogen-bond acceptors (Lipinski definition) is 4. The van der Waals surface area contributed by atoms with E-state index in [9.17, 15) is 9.59 Å². The maximum Gasteiger partial charge on any atom is 0.257 e. The minimum atomic E-state index is -0.394.